The van der Waals surface area contributed by atoms with Crippen LogP contribution in [0.15, 0.2) is 24.3 Å². The van der Waals surface area contributed by atoms with E-state index in [2.05, 4.69) is 5.10 Å². The average molecular weight is 267 g/mol. The molecule has 0 radical (unpaired) electrons. The summed E-state index contributed by atoms with van der Waals surface area (Å²) < 4.78 is 14.7. The first-order chi connectivity index (χ1) is 8.47. The second kappa shape index (κ2) is 4.90. The molecule has 0 saturated carbocycles. The Labute approximate surface area is 109 Å². The first-order valence-corrected chi connectivity index (χ1v) is 5.83. The molecular weight excluding hydrogens is 255 g/mol. The van der Waals surface area contributed by atoms with Gasteiger partial charge in [-0.15, -0.1) is 0 Å². The van der Waals surface area contributed by atoms with E-state index in [0.29, 0.717) is 16.3 Å². The lowest BCUT2D eigenvalue weighted by atomic mass is 10.1. The maximum atomic E-state index is 13.1. The lowest BCUT2D eigenvalue weighted by Crippen LogP contribution is -2.06. The van der Waals surface area contributed by atoms with Crippen LogP contribution in [0.3, 0.4) is 0 Å². The minimum atomic E-state index is -0.403. The van der Waals surface area contributed by atoms with E-state index in [4.69, 9.17) is 11.6 Å². The fraction of sp³-hybridized carbons (Fsp3) is 0.231. The fourth-order valence-electron chi connectivity index (χ4n) is 1.64. The molecule has 1 heterocycles. The van der Waals surface area contributed by atoms with Crippen LogP contribution in [0.25, 0.3) is 0 Å². The molecule has 5 heteroatoms. The number of nitrogens with zero attached hydrogens (tertiary/aromatic N) is 2. The number of ketones is 1. The van der Waals surface area contributed by atoms with Crippen molar-refractivity contribution in [3.05, 3.63) is 52.1 Å². The zero-order valence-electron chi connectivity index (χ0n) is 10.1. The molecule has 3 nitrogen and oxygen atoms in total. The van der Waals surface area contributed by atoms with Gasteiger partial charge in [0.25, 0.3) is 0 Å². The molecule has 2 rings (SSSR count). The molecule has 0 spiro atoms. The van der Waals surface area contributed by atoms with Crippen LogP contribution in [-0.4, -0.2) is 15.6 Å². The zero-order chi connectivity index (χ0) is 13.3. The Morgan fingerprint density at radius 2 is 2.17 bits per heavy atom. The highest BCUT2D eigenvalue weighted by atomic mass is 35.5. The normalized spacial score (nSPS) is 10.7. The van der Waals surface area contributed by atoms with Gasteiger partial charge in [-0.3, -0.25) is 9.48 Å². The SMILES string of the molecule is Cc1cc(C(=O)Cc2cc(F)ccc2Cl)nn1C. The van der Waals surface area contributed by atoms with E-state index in [9.17, 15) is 9.18 Å². The van der Waals surface area contributed by atoms with Gasteiger partial charge in [0.1, 0.15) is 11.5 Å². The lowest BCUT2D eigenvalue weighted by molar-refractivity contribution is 0.0987. The summed E-state index contributed by atoms with van der Waals surface area (Å²) in [5.41, 5.74) is 1.74. The van der Waals surface area contributed by atoms with Crippen LogP contribution in [0, 0.1) is 12.7 Å². The van der Waals surface area contributed by atoms with E-state index < -0.39 is 5.82 Å². The maximum absolute atomic E-state index is 13.1. The van der Waals surface area contributed by atoms with Crippen molar-refractivity contribution in [3.63, 3.8) is 0 Å². The van der Waals surface area contributed by atoms with Gasteiger partial charge in [0.2, 0.25) is 0 Å². The molecule has 0 aliphatic heterocycles. The van der Waals surface area contributed by atoms with E-state index >= 15 is 0 Å². The summed E-state index contributed by atoms with van der Waals surface area (Å²) >= 11 is 5.92. The highest BCUT2D eigenvalue weighted by Crippen LogP contribution is 2.19. The number of carbonyl (C=O) groups is 1. The number of halogens is 2. The van der Waals surface area contributed by atoms with E-state index in [0.717, 1.165) is 5.69 Å². The van der Waals surface area contributed by atoms with Gasteiger partial charge in [0.05, 0.1) is 0 Å². The highest BCUT2D eigenvalue weighted by Gasteiger charge is 2.14. The minimum Gasteiger partial charge on any atom is -0.292 e. The third-order valence-electron chi connectivity index (χ3n) is 2.76. The molecule has 0 saturated heterocycles. The number of hydrogen-bond acceptors (Lipinski definition) is 2. The molecule has 0 atom stereocenters. The van der Waals surface area contributed by atoms with Crippen LogP contribution in [0.2, 0.25) is 5.02 Å². The third kappa shape index (κ3) is 2.59. The van der Waals surface area contributed by atoms with Crippen LogP contribution in [0.5, 0.6) is 0 Å². The molecule has 1 aromatic heterocycles. The number of aromatic nitrogens is 2. The molecule has 0 aliphatic rings. The third-order valence-corrected chi connectivity index (χ3v) is 3.13. The van der Waals surface area contributed by atoms with Gasteiger partial charge >= 0.3 is 0 Å². The topological polar surface area (TPSA) is 34.9 Å². The van der Waals surface area contributed by atoms with Crippen molar-refractivity contribution in [3.8, 4) is 0 Å². The van der Waals surface area contributed by atoms with Gasteiger partial charge in [-0.1, -0.05) is 11.6 Å². The average Bonchev–Trinajstić information content (AvgIpc) is 2.64. The molecular formula is C13H12ClFN2O. The summed E-state index contributed by atoms with van der Waals surface area (Å²) in [4.78, 5) is 12.0. The lowest BCUT2D eigenvalue weighted by Gasteiger charge is -2.02. The van der Waals surface area contributed by atoms with E-state index in [1.165, 1.54) is 18.2 Å². The maximum Gasteiger partial charge on any atom is 0.187 e. The predicted octanol–water partition coefficient (Wildman–Crippen LogP) is 2.95. The van der Waals surface area contributed by atoms with Crippen molar-refractivity contribution >= 4 is 17.4 Å². The van der Waals surface area contributed by atoms with Crippen LogP contribution in [-0.2, 0) is 13.5 Å². The highest BCUT2D eigenvalue weighted by molar-refractivity contribution is 6.31. The quantitative estimate of drug-likeness (QED) is 0.801. The van der Waals surface area contributed by atoms with Crippen molar-refractivity contribution in [2.24, 2.45) is 7.05 Å². The summed E-state index contributed by atoms with van der Waals surface area (Å²) in [5, 5.41) is 4.48. The Kier molecular flexibility index (Phi) is 3.48. The summed E-state index contributed by atoms with van der Waals surface area (Å²) in [7, 11) is 1.77. The number of benzene rings is 1. The zero-order valence-corrected chi connectivity index (χ0v) is 10.8. The monoisotopic (exact) mass is 266 g/mol. The van der Waals surface area contributed by atoms with Gasteiger partial charge in [-0.05, 0) is 36.8 Å². The van der Waals surface area contributed by atoms with E-state index in [1.54, 1.807) is 17.8 Å². The Bertz CT molecular complexity index is 588. The standard InChI is InChI=1S/C13H12ClFN2O/c1-8-5-12(16-17(8)2)13(18)7-9-6-10(15)3-4-11(9)14/h3-6H,7H2,1-2H3. The first-order valence-electron chi connectivity index (χ1n) is 5.45. The Morgan fingerprint density at radius 1 is 1.44 bits per heavy atom. The van der Waals surface area contributed by atoms with Crippen LogP contribution in [0.1, 0.15) is 21.7 Å². The fourth-order valence-corrected chi connectivity index (χ4v) is 1.82. The van der Waals surface area contributed by atoms with Gasteiger partial charge in [-0.25, -0.2) is 4.39 Å². The van der Waals surface area contributed by atoms with Gasteiger partial charge in [0.15, 0.2) is 5.78 Å². The molecule has 0 aliphatic carbocycles. The van der Waals surface area contributed by atoms with Crippen molar-refractivity contribution in [1.82, 2.24) is 9.78 Å². The molecule has 18 heavy (non-hydrogen) atoms. The molecule has 1 aromatic carbocycles. The number of rotatable bonds is 3. The van der Waals surface area contributed by atoms with Gasteiger partial charge in [-0.2, -0.15) is 5.10 Å². The summed E-state index contributed by atoms with van der Waals surface area (Å²) in [5.74, 6) is -0.578. The minimum absolute atomic E-state index is 0.0487. The van der Waals surface area contributed by atoms with Crippen molar-refractivity contribution in [1.29, 1.82) is 0 Å². The number of carbonyl (C=O) groups excluding carboxylic acids is 1. The Hall–Kier alpha value is -1.68. The second-order valence-corrected chi connectivity index (χ2v) is 4.54. The summed E-state index contributed by atoms with van der Waals surface area (Å²) in [6.07, 6.45) is 0.0487. The summed E-state index contributed by atoms with van der Waals surface area (Å²) in [6.45, 7) is 1.86. The number of Topliss-reactive ketones (excluding diaryl/α,β-unsaturated/α-hetero) is 1. The van der Waals surface area contributed by atoms with Crippen LogP contribution >= 0.6 is 11.6 Å². The molecule has 0 bridgehead atoms. The second-order valence-electron chi connectivity index (χ2n) is 4.13. The summed E-state index contributed by atoms with van der Waals surface area (Å²) in [6, 6.07) is 5.69. The largest absolute Gasteiger partial charge is 0.292 e. The molecule has 0 fully saturated rings. The van der Waals surface area contributed by atoms with E-state index in [-0.39, 0.29) is 12.2 Å². The van der Waals surface area contributed by atoms with Crippen LogP contribution < -0.4 is 0 Å². The molecule has 2 aromatic rings. The smallest absolute Gasteiger partial charge is 0.187 e. The molecule has 0 unspecified atom stereocenters. The first kappa shape index (κ1) is 12.8. The molecule has 0 amide bonds. The van der Waals surface area contributed by atoms with Crippen molar-refractivity contribution < 1.29 is 9.18 Å². The van der Waals surface area contributed by atoms with Crippen molar-refractivity contribution in [2.45, 2.75) is 13.3 Å². The predicted molar refractivity (Wildman–Crippen MR) is 67.4 cm³/mol. The Morgan fingerprint density at radius 3 is 2.78 bits per heavy atom. The van der Waals surface area contributed by atoms with E-state index in [1.807, 2.05) is 6.92 Å². The number of aryl methyl sites for hydroxylation is 2. The molecule has 0 N–H and O–H groups in total. The molecule has 94 valence electrons. The Balaban J connectivity index is 2.23. The van der Waals surface area contributed by atoms with Crippen molar-refractivity contribution in [2.75, 3.05) is 0 Å². The van der Waals surface area contributed by atoms with Crippen LogP contribution in [0.4, 0.5) is 4.39 Å². The van der Waals surface area contributed by atoms with Gasteiger partial charge in [0, 0.05) is 24.2 Å². The van der Waals surface area contributed by atoms with Gasteiger partial charge < -0.3 is 0 Å². The number of hydrogen-bond donors (Lipinski definition) is 0.